The van der Waals surface area contributed by atoms with Crippen LogP contribution in [0.3, 0.4) is 0 Å². The first-order valence-corrected chi connectivity index (χ1v) is 16.9. The Balaban J connectivity index is 1.16. The molecule has 264 valence electrons. The van der Waals surface area contributed by atoms with E-state index in [1.54, 1.807) is 45.2 Å². The van der Waals surface area contributed by atoms with Gasteiger partial charge in [0, 0.05) is 81.6 Å². The number of nitrogens with one attached hydrogen (secondary N) is 2. The highest BCUT2D eigenvalue weighted by Crippen LogP contribution is 2.31. The van der Waals surface area contributed by atoms with Gasteiger partial charge in [-0.3, -0.25) is 9.69 Å². The van der Waals surface area contributed by atoms with Gasteiger partial charge in [0.2, 0.25) is 5.95 Å². The number of benzene rings is 2. The van der Waals surface area contributed by atoms with Crippen molar-refractivity contribution in [1.29, 1.82) is 0 Å². The molecule has 0 aliphatic carbocycles. The Morgan fingerprint density at radius 1 is 0.941 bits per heavy atom. The summed E-state index contributed by atoms with van der Waals surface area (Å²) in [5.41, 5.74) is 11.1. The lowest BCUT2D eigenvalue weighted by Gasteiger charge is -2.32. The molecule has 4 heterocycles. The van der Waals surface area contributed by atoms with Gasteiger partial charge in [0.25, 0.3) is 5.91 Å². The molecule has 0 radical (unpaired) electrons. The minimum atomic E-state index is -0.731. The summed E-state index contributed by atoms with van der Waals surface area (Å²) in [6.45, 7) is 10.4. The van der Waals surface area contributed by atoms with Crippen molar-refractivity contribution in [3.05, 3.63) is 88.7 Å². The molecular weight excluding hydrogens is 646 g/mol. The average molecular weight is 690 g/mol. The maximum atomic E-state index is 13.4. The molecule has 13 nitrogen and oxygen atoms in total. The number of anilines is 3. The second kappa shape index (κ2) is 14.6. The van der Waals surface area contributed by atoms with Gasteiger partial charge in [-0.15, -0.1) is 0 Å². The summed E-state index contributed by atoms with van der Waals surface area (Å²) in [5, 5.41) is 5.83. The zero-order valence-electron chi connectivity index (χ0n) is 29.6. The Labute approximate surface area is 297 Å². The average Bonchev–Trinajstić information content (AvgIpc) is 3.41. The summed E-state index contributed by atoms with van der Waals surface area (Å²) >= 11 is 0. The summed E-state index contributed by atoms with van der Waals surface area (Å²) in [6.07, 6.45) is 1.31. The quantitative estimate of drug-likeness (QED) is 0.251. The highest BCUT2D eigenvalue weighted by molar-refractivity contribution is 6.05. The maximum absolute atomic E-state index is 13.4. The fourth-order valence-electron chi connectivity index (χ4n) is 6.12. The van der Waals surface area contributed by atoms with Crippen molar-refractivity contribution in [2.75, 3.05) is 56.1 Å². The minimum Gasteiger partial charge on any atom is -0.443 e. The number of nitrogens with zero attached hydrogens (tertiary/aromatic N) is 6. The Morgan fingerprint density at radius 2 is 1.65 bits per heavy atom. The lowest BCUT2D eigenvalue weighted by Crippen LogP contribution is -2.44. The number of urea groups is 1. The van der Waals surface area contributed by atoms with Gasteiger partial charge >= 0.3 is 12.1 Å². The van der Waals surface area contributed by atoms with Crippen LogP contribution in [0.4, 0.5) is 26.9 Å². The fraction of sp³-hybridized carbons (Fsp3) is 0.342. The number of rotatable bonds is 5. The predicted molar refractivity (Wildman–Crippen MR) is 196 cm³/mol. The van der Waals surface area contributed by atoms with Crippen molar-refractivity contribution in [1.82, 2.24) is 29.2 Å². The number of carbonyl (C=O) groups excluding carboxylic acids is 3. The Kier molecular flexibility index (Phi) is 10.1. The molecular formula is C38H43N9O4. The van der Waals surface area contributed by atoms with Crippen LogP contribution >= 0.6 is 0 Å². The number of fused-ring (bicyclic) bond motifs is 1. The molecule has 4 amide bonds. The number of imide groups is 1. The molecule has 2 aromatic heterocycles. The summed E-state index contributed by atoms with van der Waals surface area (Å²) in [6, 6.07) is 16.5. The summed E-state index contributed by atoms with van der Waals surface area (Å²) in [7, 11) is 3.98. The first-order chi connectivity index (χ1) is 24.3. The number of hydrogen-bond acceptors (Lipinski definition) is 9. The maximum Gasteiger partial charge on any atom is 0.417 e. The van der Waals surface area contributed by atoms with Crippen LogP contribution in [-0.4, -0.2) is 92.6 Å². The van der Waals surface area contributed by atoms with E-state index >= 15 is 0 Å². The van der Waals surface area contributed by atoms with Gasteiger partial charge in [0.05, 0.1) is 16.8 Å². The number of carbonyl (C=O) groups is 3. The second-order valence-corrected chi connectivity index (χ2v) is 13.8. The highest BCUT2D eigenvalue weighted by Gasteiger charge is 2.35. The smallest absolute Gasteiger partial charge is 0.417 e. The molecule has 0 saturated carbocycles. The standard InChI is InChI=1S/C38H43N9O4/c1-38(2,3)51-37(50)47-15-14-31-30(34(47)48)22-32(45(31)5)33-27(23-40-35(39)43-33)13-12-25-8-6-10-28(20-25)41-36(49)42-29-11-7-9-26(21-29)24-46-18-16-44(4)17-19-46/h6-11,20-23H,14-19,24H2,1-5H3,(H2,39,40,43)(H2,41,42,49). The van der Waals surface area contributed by atoms with Crippen molar-refractivity contribution >= 4 is 35.4 Å². The zero-order valence-corrected chi connectivity index (χ0v) is 29.6. The van der Waals surface area contributed by atoms with Gasteiger partial charge in [-0.25, -0.2) is 24.5 Å². The normalized spacial score (nSPS) is 15.1. The molecule has 0 spiro atoms. The lowest BCUT2D eigenvalue weighted by molar-refractivity contribution is 0.0232. The molecule has 0 bridgehead atoms. The largest absolute Gasteiger partial charge is 0.443 e. The van der Waals surface area contributed by atoms with Crippen LogP contribution in [0.15, 0.2) is 60.8 Å². The van der Waals surface area contributed by atoms with Crippen molar-refractivity contribution in [2.45, 2.75) is 39.3 Å². The van der Waals surface area contributed by atoms with Crippen molar-refractivity contribution in [3.63, 3.8) is 0 Å². The molecule has 2 aliphatic heterocycles. The molecule has 1 fully saturated rings. The van der Waals surface area contributed by atoms with E-state index in [4.69, 9.17) is 10.5 Å². The van der Waals surface area contributed by atoms with E-state index in [2.05, 4.69) is 55.4 Å². The number of nitrogen functional groups attached to an aromatic ring is 1. The van der Waals surface area contributed by atoms with Crippen LogP contribution in [0.5, 0.6) is 0 Å². The van der Waals surface area contributed by atoms with Crippen LogP contribution in [-0.2, 0) is 24.8 Å². The molecule has 2 aliphatic rings. The summed E-state index contributed by atoms with van der Waals surface area (Å²) in [5.74, 6) is 5.90. The van der Waals surface area contributed by atoms with Gasteiger partial charge < -0.3 is 30.6 Å². The van der Waals surface area contributed by atoms with E-state index in [1.807, 2.05) is 41.9 Å². The lowest BCUT2D eigenvalue weighted by atomic mass is 10.1. The number of ether oxygens (including phenoxy) is 1. The van der Waals surface area contributed by atoms with Gasteiger partial charge in [0.15, 0.2) is 0 Å². The molecule has 0 atom stereocenters. The third kappa shape index (κ3) is 8.54. The first-order valence-electron chi connectivity index (χ1n) is 16.9. The number of piperazine rings is 1. The molecule has 51 heavy (non-hydrogen) atoms. The third-order valence-electron chi connectivity index (χ3n) is 8.72. The van der Waals surface area contributed by atoms with Gasteiger partial charge in [0.1, 0.15) is 11.3 Å². The number of nitrogens with two attached hydrogens (primary N) is 1. The van der Waals surface area contributed by atoms with E-state index in [-0.39, 0.29) is 18.5 Å². The van der Waals surface area contributed by atoms with E-state index < -0.39 is 17.6 Å². The highest BCUT2D eigenvalue weighted by atomic mass is 16.6. The van der Waals surface area contributed by atoms with Crippen molar-refractivity contribution in [3.8, 4) is 23.2 Å². The van der Waals surface area contributed by atoms with Crippen LogP contribution in [0, 0.1) is 11.8 Å². The first kappa shape index (κ1) is 35.1. The molecule has 1 saturated heterocycles. The van der Waals surface area contributed by atoms with Crippen molar-refractivity contribution in [2.24, 2.45) is 7.05 Å². The predicted octanol–water partition coefficient (Wildman–Crippen LogP) is 4.79. The van der Waals surface area contributed by atoms with Crippen LogP contribution in [0.2, 0.25) is 0 Å². The van der Waals surface area contributed by atoms with Gasteiger partial charge in [-0.05, 0) is 69.8 Å². The number of aromatic nitrogens is 3. The second-order valence-electron chi connectivity index (χ2n) is 13.8. The topological polar surface area (TPSA) is 151 Å². The van der Waals surface area contributed by atoms with E-state index in [1.165, 1.54) is 0 Å². The zero-order chi connectivity index (χ0) is 36.3. The Bertz CT molecular complexity index is 2030. The molecule has 13 heteroatoms. The van der Waals surface area contributed by atoms with Crippen LogP contribution in [0.25, 0.3) is 11.4 Å². The summed E-state index contributed by atoms with van der Waals surface area (Å²) in [4.78, 5) is 53.6. The van der Waals surface area contributed by atoms with E-state index in [0.717, 1.165) is 48.9 Å². The Hall–Kier alpha value is -5.71. The fourth-order valence-corrected chi connectivity index (χ4v) is 6.12. The third-order valence-corrected chi connectivity index (χ3v) is 8.72. The molecule has 0 unspecified atom stereocenters. The van der Waals surface area contributed by atoms with Crippen LogP contribution in [0.1, 0.15) is 53.5 Å². The minimum absolute atomic E-state index is 0.0542. The number of amides is 4. The van der Waals surface area contributed by atoms with E-state index in [0.29, 0.717) is 45.9 Å². The Morgan fingerprint density at radius 3 is 2.37 bits per heavy atom. The van der Waals surface area contributed by atoms with Gasteiger partial charge in [-0.1, -0.05) is 30.0 Å². The SMILES string of the molecule is CN1CCN(Cc2cccc(NC(=O)Nc3cccc(C#Cc4cnc(N)nc4-c4cc5c(n4C)CCN(C(=O)OC(C)(C)C)C5=O)c3)c2)CC1. The monoisotopic (exact) mass is 689 g/mol. The van der Waals surface area contributed by atoms with Gasteiger partial charge in [-0.2, -0.15) is 0 Å². The molecule has 4 aromatic rings. The molecule has 6 rings (SSSR count). The number of likely N-dealkylation sites (N-methyl/N-ethyl adjacent to an activating group) is 1. The van der Waals surface area contributed by atoms with E-state index in [9.17, 15) is 14.4 Å². The summed E-state index contributed by atoms with van der Waals surface area (Å²) < 4.78 is 7.33. The van der Waals surface area contributed by atoms with Crippen molar-refractivity contribution < 1.29 is 19.1 Å². The number of hydrogen-bond donors (Lipinski definition) is 3. The molecule has 4 N–H and O–H groups in total. The van der Waals surface area contributed by atoms with Crippen LogP contribution < -0.4 is 16.4 Å². The molecule has 2 aromatic carbocycles.